The predicted molar refractivity (Wildman–Crippen MR) is 84.9 cm³/mol. The third-order valence-electron chi connectivity index (χ3n) is 4.17. The van der Waals surface area contributed by atoms with E-state index in [1.54, 1.807) is 0 Å². The summed E-state index contributed by atoms with van der Waals surface area (Å²) < 4.78 is 0. The number of nitrogen functional groups attached to an aromatic ring is 1. The van der Waals surface area contributed by atoms with Gasteiger partial charge in [-0.05, 0) is 42.0 Å². The smallest absolute Gasteiger partial charge is 0.265 e. The predicted octanol–water partition coefficient (Wildman–Crippen LogP) is 2.47. The zero-order valence-corrected chi connectivity index (χ0v) is 12.8. The Morgan fingerprint density at radius 2 is 2.24 bits per heavy atom. The zero-order chi connectivity index (χ0) is 14.8. The van der Waals surface area contributed by atoms with Crippen LogP contribution in [0.1, 0.15) is 39.3 Å². The topological polar surface area (TPSA) is 58.4 Å². The van der Waals surface area contributed by atoms with Crippen LogP contribution < -0.4 is 11.3 Å². The van der Waals surface area contributed by atoms with E-state index in [4.69, 9.17) is 5.84 Å². The highest BCUT2D eigenvalue weighted by Crippen LogP contribution is 2.33. The minimum Gasteiger partial charge on any atom is -0.292 e. The number of hydrazine groups is 1. The van der Waals surface area contributed by atoms with Crippen LogP contribution in [-0.4, -0.2) is 17.4 Å². The number of nitrogens with one attached hydrogen (secondary N) is 1. The molecule has 1 aromatic carbocycles. The molecule has 0 saturated heterocycles. The van der Waals surface area contributed by atoms with Crippen LogP contribution in [-0.2, 0) is 13.0 Å². The van der Waals surface area contributed by atoms with Gasteiger partial charge in [0.2, 0.25) is 0 Å². The highest BCUT2D eigenvalue weighted by atomic mass is 32.1. The van der Waals surface area contributed by atoms with Gasteiger partial charge in [0.05, 0.1) is 0 Å². The van der Waals surface area contributed by atoms with Gasteiger partial charge in [-0.2, -0.15) is 0 Å². The van der Waals surface area contributed by atoms with Crippen molar-refractivity contribution >= 4 is 17.2 Å². The Bertz CT molecular complexity index is 652. The maximum Gasteiger partial charge on any atom is 0.265 e. The van der Waals surface area contributed by atoms with E-state index >= 15 is 0 Å². The number of nitrogens with two attached hydrogens (primary N) is 1. The van der Waals surface area contributed by atoms with Crippen LogP contribution in [0.5, 0.6) is 0 Å². The number of carbonyl (C=O) groups excluding carboxylic acids is 1. The summed E-state index contributed by atoms with van der Waals surface area (Å²) in [6.07, 6.45) is 1.09. The molecule has 4 nitrogen and oxygen atoms in total. The van der Waals surface area contributed by atoms with Gasteiger partial charge in [0, 0.05) is 29.6 Å². The molecule has 0 radical (unpaired) electrons. The molecular weight excluding hydrogens is 282 g/mol. The van der Waals surface area contributed by atoms with E-state index in [2.05, 4.69) is 28.7 Å². The van der Waals surface area contributed by atoms with Crippen molar-refractivity contribution in [3.63, 3.8) is 0 Å². The Balaban J connectivity index is 1.84. The molecule has 5 heteroatoms. The van der Waals surface area contributed by atoms with Crippen molar-refractivity contribution in [1.29, 1.82) is 0 Å². The van der Waals surface area contributed by atoms with Crippen LogP contribution >= 0.6 is 11.3 Å². The van der Waals surface area contributed by atoms with Gasteiger partial charge in [-0.15, -0.1) is 11.3 Å². The van der Waals surface area contributed by atoms with Crippen LogP contribution in [0, 0.1) is 0 Å². The Morgan fingerprint density at radius 1 is 1.43 bits per heavy atom. The molecule has 0 saturated carbocycles. The first-order valence-corrected chi connectivity index (χ1v) is 7.98. The SMILES string of the molecule is CC1c2ccsc2CCN1Cc1ccccc1C(=O)NN. The number of amides is 1. The average Bonchev–Trinajstić information content (AvgIpc) is 2.99. The fraction of sp³-hybridized carbons (Fsp3) is 0.312. The van der Waals surface area contributed by atoms with E-state index in [0.29, 0.717) is 11.6 Å². The molecule has 1 atom stereocenters. The number of thiophene rings is 1. The number of benzene rings is 1. The van der Waals surface area contributed by atoms with Crippen LogP contribution in [0.3, 0.4) is 0 Å². The van der Waals surface area contributed by atoms with E-state index in [9.17, 15) is 4.79 Å². The number of fused-ring (bicyclic) bond motifs is 1. The number of nitrogens with zero attached hydrogens (tertiary/aromatic N) is 1. The van der Waals surface area contributed by atoms with Crippen LogP contribution in [0.25, 0.3) is 0 Å². The van der Waals surface area contributed by atoms with Crippen molar-refractivity contribution in [2.75, 3.05) is 6.54 Å². The van der Waals surface area contributed by atoms with E-state index in [0.717, 1.165) is 25.1 Å². The summed E-state index contributed by atoms with van der Waals surface area (Å²) in [4.78, 5) is 15.8. The van der Waals surface area contributed by atoms with Crippen molar-refractivity contribution in [3.8, 4) is 0 Å². The maximum absolute atomic E-state index is 11.9. The minimum absolute atomic E-state index is 0.230. The van der Waals surface area contributed by atoms with E-state index in [1.807, 2.05) is 35.6 Å². The molecule has 0 bridgehead atoms. The molecule has 0 aliphatic carbocycles. The molecule has 1 aromatic heterocycles. The minimum atomic E-state index is -0.230. The van der Waals surface area contributed by atoms with Crippen LogP contribution in [0.4, 0.5) is 0 Å². The second kappa shape index (κ2) is 5.97. The van der Waals surface area contributed by atoms with Gasteiger partial charge in [0.15, 0.2) is 0 Å². The van der Waals surface area contributed by atoms with E-state index in [-0.39, 0.29) is 5.91 Å². The molecule has 1 aliphatic rings. The molecule has 110 valence electrons. The van der Waals surface area contributed by atoms with Crippen molar-refractivity contribution in [1.82, 2.24) is 10.3 Å². The largest absolute Gasteiger partial charge is 0.292 e. The average molecular weight is 301 g/mol. The molecule has 2 aromatic rings. The van der Waals surface area contributed by atoms with Crippen molar-refractivity contribution in [3.05, 3.63) is 57.3 Å². The van der Waals surface area contributed by atoms with Crippen molar-refractivity contribution in [2.24, 2.45) is 5.84 Å². The van der Waals surface area contributed by atoms with Gasteiger partial charge in [0.1, 0.15) is 0 Å². The molecular formula is C16H19N3OS. The normalized spacial score (nSPS) is 18.3. The molecule has 1 amide bonds. The van der Waals surface area contributed by atoms with Crippen molar-refractivity contribution in [2.45, 2.75) is 25.9 Å². The monoisotopic (exact) mass is 301 g/mol. The van der Waals surface area contributed by atoms with Crippen molar-refractivity contribution < 1.29 is 4.79 Å². The molecule has 1 aliphatic heterocycles. The van der Waals surface area contributed by atoms with Gasteiger partial charge >= 0.3 is 0 Å². The standard InChI is InChI=1S/C16H19N3OS/c1-11-13-7-9-21-15(13)6-8-19(11)10-12-4-2-3-5-14(12)16(20)18-17/h2-5,7,9,11H,6,8,10,17H2,1H3,(H,18,20). The van der Waals surface area contributed by atoms with Gasteiger partial charge in [0.25, 0.3) is 5.91 Å². The molecule has 2 heterocycles. The second-order valence-electron chi connectivity index (χ2n) is 5.33. The molecule has 21 heavy (non-hydrogen) atoms. The van der Waals surface area contributed by atoms with Gasteiger partial charge < -0.3 is 0 Å². The first-order valence-electron chi connectivity index (χ1n) is 7.10. The molecule has 0 spiro atoms. The first kappa shape index (κ1) is 14.3. The lowest BCUT2D eigenvalue weighted by atomic mass is 9.99. The second-order valence-corrected chi connectivity index (χ2v) is 6.33. The highest BCUT2D eigenvalue weighted by Gasteiger charge is 2.25. The van der Waals surface area contributed by atoms with Gasteiger partial charge in [-0.1, -0.05) is 18.2 Å². The van der Waals surface area contributed by atoms with Gasteiger partial charge in [-0.3, -0.25) is 15.1 Å². The zero-order valence-electron chi connectivity index (χ0n) is 12.0. The quantitative estimate of drug-likeness (QED) is 0.520. The third kappa shape index (κ3) is 2.72. The Labute approximate surface area is 128 Å². The summed E-state index contributed by atoms with van der Waals surface area (Å²) in [7, 11) is 0. The summed E-state index contributed by atoms with van der Waals surface area (Å²) >= 11 is 1.84. The number of hydrogen-bond donors (Lipinski definition) is 2. The summed E-state index contributed by atoms with van der Waals surface area (Å²) in [5.41, 5.74) is 5.32. The lowest BCUT2D eigenvalue weighted by molar-refractivity contribution is 0.0950. The number of rotatable bonds is 3. The van der Waals surface area contributed by atoms with E-state index in [1.165, 1.54) is 10.4 Å². The van der Waals surface area contributed by atoms with Crippen LogP contribution in [0.15, 0.2) is 35.7 Å². The van der Waals surface area contributed by atoms with Crippen LogP contribution in [0.2, 0.25) is 0 Å². The number of carbonyl (C=O) groups is 1. The summed E-state index contributed by atoms with van der Waals surface area (Å²) in [6, 6.07) is 10.3. The Kier molecular flexibility index (Phi) is 4.05. The summed E-state index contributed by atoms with van der Waals surface area (Å²) in [5, 5.41) is 2.17. The molecule has 1 unspecified atom stereocenters. The fourth-order valence-electron chi connectivity index (χ4n) is 2.95. The summed E-state index contributed by atoms with van der Waals surface area (Å²) in [5.74, 6) is 5.04. The maximum atomic E-state index is 11.9. The van der Waals surface area contributed by atoms with E-state index < -0.39 is 0 Å². The lowest BCUT2D eigenvalue weighted by Gasteiger charge is -2.34. The third-order valence-corrected chi connectivity index (χ3v) is 5.17. The Morgan fingerprint density at radius 3 is 3.05 bits per heavy atom. The molecule has 3 N–H and O–H groups in total. The fourth-order valence-corrected chi connectivity index (χ4v) is 3.92. The number of hydrogen-bond acceptors (Lipinski definition) is 4. The van der Waals surface area contributed by atoms with Gasteiger partial charge in [-0.25, -0.2) is 5.84 Å². The summed E-state index contributed by atoms with van der Waals surface area (Å²) in [6.45, 7) is 4.02. The molecule has 3 rings (SSSR count). The first-order chi connectivity index (χ1) is 10.2. The Hall–Kier alpha value is -1.69. The highest BCUT2D eigenvalue weighted by molar-refractivity contribution is 7.10. The lowest BCUT2D eigenvalue weighted by Crippen LogP contribution is -2.35. The molecule has 0 fully saturated rings.